The van der Waals surface area contributed by atoms with Gasteiger partial charge >= 0.3 is 5.97 Å². The second-order valence-electron chi connectivity index (χ2n) is 5.38. The van der Waals surface area contributed by atoms with Gasteiger partial charge in [0, 0.05) is 12.7 Å². The highest BCUT2D eigenvalue weighted by Gasteiger charge is 2.28. The van der Waals surface area contributed by atoms with Gasteiger partial charge in [0.25, 0.3) is 0 Å². The highest BCUT2D eigenvalue weighted by molar-refractivity contribution is 5.94. The first-order valence-corrected chi connectivity index (χ1v) is 7.14. The average molecular weight is 278 g/mol. The third-order valence-electron chi connectivity index (χ3n) is 3.83. The van der Waals surface area contributed by atoms with Crippen molar-refractivity contribution in [2.75, 3.05) is 19.0 Å². The zero-order chi connectivity index (χ0) is 14.4. The first-order chi connectivity index (χ1) is 9.64. The molecule has 1 aliphatic carbocycles. The summed E-state index contributed by atoms with van der Waals surface area (Å²) >= 11 is 0. The van der Waals surface area contributed by atoms with Gasteiger partial charge in [-0.15, -0.1) is 0 Å². The maximum absolute atomic E-state index is 11.7. The lowest BCUT2D eigenvalue weighted by atomic mass is 9.94. The number of aliphatic hydroxyl groups is 1. The standard InChI is InChI=1S/C15H22N2O3/c1-20-14(18)12-7-6-10-16-13(12)17-11-15(19)8-4-2-3-5-9-15/h6-7,10,19H,2-5,8-9,11H2,1H3,(H,16,17). The maximum Gasteiger partial charge on any atom is 0.341 e. The molecule has 5 nitrogen and oxygen atoms in total. The van der Waals surface area contributed by atoms with Crippen LogP contribution in [-0.4, -0.2) is 35.3 Å². The molecular weight excluding hydrogens is 256 g/mol. The van der Waals surface area contributed by atoms with E-state index >= 15 is 0 Å². The van der Waals surface area contributed by atoms with Crippen LogP contribution in [0.15, 0.2) is 18.3 Å². The molecule has 2 N–H and O–H groups in total. The Morgan fingerprint density at radius 3 is 2.75 bits per heavy atom. The topological polar surface area (TPSA) is 71.5 Å². The first kappa shape index (κ1) is 14.8. The molecule has 0 amide bonds. The number of esters is 1. The molecule has 1 aliphatic rings. The number of rotatable bonds is 4. The molecule has 0 bridgehead atoms. The van der Waals surface area contributed by atoms with Gasteiger partial charge in [-0.2, -0.15) is 0 Å². The van der Waals surface area contributed by atoms with Crippen LogP contribution in [0.4, 0.5) is 5.82 Å². The van der Waals surface area contributed by atoms with Gasteiger partial charge in [0.05, 0.1) is 12.7 Å². The van der Waals surface area contributed by atoms with Gasteiger partial charge in [-0.25, -0.2) is 9.78 Å². The van der Waals surface area contributed by atoms with E-state index in [1.165, 1.54) is 20.0 Å². The Morgan fingerprint density at radius 2 is 2.10 bits per heavy atom. The molecule has 0 aromatic carbocycles. The van der Waals surface area contributed by atoms with Crippen molar-refractivity contribution >= 4 is 11.8 Å². The second kappa shape index (κ2) is 6.70. The number of carbonyl (C=O) groups excluding carboxylic acids is 1. The summed E-state index contributed by atoms with van der Waals surface area (Å²) in [6.45, 7) is 0.411. The molecule has 0 unspecified atom stereocenters. The molecule has 1 fully saturated rings. The third-order valence-corrected chi connectivity index (χ3v) is 3.83. The molecule has 1 aromatic heterocycles. The van der Waals surface area contributed by atoms with E-state index in [0.29, 0.717) is 17.9 Å². The van der Waals surface area contributed by atoms with E-state index in [9.17, 15) is 9.90 Å². The maximum atomic E-state index is 11.7. The molecule has 20 heavy (non-hydrogen) atoms. The number of hydrogen-bond acceptors (Lipinski definition) is 5. The molecule has 5 heteroatoms. The van der Waals surface area contributed by atoms with Gasteiger partial charge in [0.15, 0.2) is 0 Å². The fraction of sp³-hybridized carbons (Fsp3) is 0.600. The number of hydrogen-bond donors (Lipinski definition) is 2. The number of methoxy groups -OCH3 is 1. The fourth-order valence-corrected chi connectivity index (χ4v) is 2.63. The van der Waals surface area contributed by atoms with Crippen LogP contribution in [0.25, 0.3) is 0 Å². The molecule has 1 aromatic rings. The van der Waals surface area contributed by atoms with Gasteiger partial charge < -0.3 is 15.2 Å². The van der Waals surface area contributed by atoms with Gasteiger partial charge in [-0.3, -0.25) is 0 Å². The van der Waals surface area contributed by atoms with Crippen molar-refractivity contribution in [2.24, 2.45) is 0 Å². The average Bonchev–Trinajstić information content (AvgIpc) is 2.70. The van der Waals surface area contributed by atoms with E-state index < -0.39 is 11.6 Å². The number of aromatic nitrogens is 1. The number of anilines is 1. The molecule has 0 saturated heterocycles. The molecule has 0 atom stereocenters. The number of pyridine rings is 1. The zero-order valence-corrected chi connectivity index (χ0v) is 11.9. The largest absolute Gasteiger partial charge is 0.465 e. The Morgan fingerprint density at radius 1 is 1.40 bits per heavy atom. The van der Waals surface area contributed by atoms with Crippen LogP contribution in [0, 0.1) is 0 Å². The smallest absolute Gasteiger partial charge is 0.341 e. The van der Waals surface area contributed by atoms with Crippen LogP contribution in [-0.2, 0) is 4.74 Å². The van der Waals surface area contributed by atoms with E-state index in [2.05, 4.69) is 10.3 Å². The van der Waals surface area contributed by atoms with E-state index in [4.69, 9.17) is 4.74 Å². The summed E-state index contributed by atoms with van der Waals surface area (Å²) in [6.07, 6.45) is 7.65. The lowest BCUT2D eigenvalue weighted by Gasteiger charge is -2.27. The quantitative estimate of drug-likeness (QED) is 0.653. The zero-order valence-electron chi connectivity index (χ0n) is 11.9. The molecule has 1 saturated carbocycles. The molecule has 0 spiro atoms. The van der Waals surface area contributed by atoms with Crippen molar-refractivity contribution in [3.05, 3.63) is 23.9 Å². The normalized spacial score (nSPS) is 18.1. The minimum absolute atomic E-state index is 0.396. The summed E-state index contributed by atoms with van der Waals surface area (Å²) in [6, 6.07) is 3.36. The molecule has 2 rings (SSSR count). The summed E-state index contributed by atoms with van der Waals surface area (Å²) < 4.78 is 4.73. The Kier molecular flexibility index (Phi) is 4.95. The number of nitrogens with one attached hydrogen (secondary N) is 1. The molecular formula is C15H22N2O3. The molecule has 110 valence electrons. The minimum atomic E-state index is -0.707. The van der Waals surface area contributed by atoms with Gasteiger partial charge in [-0.1, -0.05) is 25.7 Å². The van der Waals surface area contributed by atoms with Crippen LogP contribution in [0.5, 0.6) is 0 Å². The summed E-state index contributed by atoms with van der Waals surface area (Å²) in [7, 11) is 1.35. The summed E-state index contributed by atoms with van der Waals surface area (Å²) in [5.74, 6) is 0.0467. The molecule has 1 heterocycles. The Balaban J connectivity index is 2.04. The highest BCUT2D eigenvalue weighted by Crippen LogP contribution is 2.27. The Bertz CT molecular complexity index is 454. The fourth-order valence-electron chi connectivity index (χ4n) is 2.63. The van der Waals surface area contributed by atoms with E-state index in [0.717, 1.165) is 25.7 Å². The summed E-state index contributed by atoms with van der Waals surface area (Å²) in [5, 5.41) is 13.7. The van der Waals surface area contributed by atoms with Gasteiger partial charge in [-0.05, 0) is 25.0 Å². The van der Waals surface area contributed by atoms with Crippen LogP contribution < -0.4 is 5.32 Å². The number of nitrogens with zero attached hydrogens (tertiary/aromatic N) is 1. The Hall–Kier alpha value is -1.62. The lowest BCUT2D eigenvalue weighted by molar-refractivity contribution is 0.0379. The van der Waals surface area contributed by atoms with Crippen molar-refractivity contribution in [3.8, 4) is 0 Å². The Labute approximate surface area is 119 Å². The first-order valence-electron chi connectivity index (χ1n) is 7.14. The number of carbonyl (C=O) groups is 1. The van der Waals surface area contributed by atoms with Crippen molar-refractivity contribution in [1.29, 1.82) is 0 Å². The lowest BCUT2D eigenvalue weighted by Crippen LogP contribution is -2.36. The monoisotopic (exact) mass is 278 g/mol. The van der Waals surface area contributed by atoms with Gasteiger partial charge in [0.1, 0.15) is 11.4 Å². The van der Waals surface area contributed by atoms with Crippen molar-refractivity contribution in [1.82, 2.24) is 4.98 Å². The van der Waals surface area contributed by atoms with Crippen LogP contribution in [0.2, 0.25) is 0 Å². The SMILES string of the molecule is COC(=O)c1cccnc1NCC1(O)CCCCCC1. The predicted octanol–water partition coefficient (Wildman–Crippen LogP) is 2.37. The number of ether oxygens (including phenoxy) is 1. The molecule has 0 radical (unpaired) electrons. The highest BCUT2D eigenvalue weighted by atomic mass is 16.5. The van der Waals surface area contributed by atoms with Crippen molar-refractivity contribution in [2.45, 2.75) is 44.1 Å². The second-order valence-corrected chi connectivity index (χ2v) is 5.38. The van der Waals surface area contributed by atoms with Crippen LogP contribution >= 0.6 is 0 Å². The van der Waals surface area contributed by atoms with Gasteiger partial charge in [0.2, 0.25) is 0 Å². The predicted molar refractivity (Wildman–Crippen MR) is 76.7 cm³/mol. The minimum Gasteiger partial charge on any atom is -0.465 e. The summed E-state index contributed by atoms with van der Waals surface area (Å²) in [4.78, 5) is 15.8. The van der Waals surface area contributed by atoms with Crippen molar-refractivity contribution in [3.63, 3.8) is 0 Å². The molecule has 0 aliphatic heterocycles. The van der Waals surface area contributed by atoms with Crippen LogP contribution in [0.3, 0.4) is 0 Å². The van der Waals surface area contributed by atoms with Crippen LogP contribution in [0.1, 0.15) is 48.9 Å². The van der Waals surface area contributed by atoms with E-state index in [1.807, 2.05) is 0 Å². The summed E-state index contributed by atoms with van der Waals surface area (Å²) in [5.41, 5.74) is -0.311. The van der Waals surface area contributed by atoms with E-state index in [1.54, 1.807) is 18.3 Å². The van der Waals surface area contributed by atoms with Crippen molar-refractivity contribution < 1.29 is 14.6 Å². The third kappa shape index (κ3) is 3.70. The van der Waals surface area contributed by atoms with E-state index in [-0.39, 0.29) is 0 Å².